The highest BCUT2D eigenvalue weighted by Crippen LogP contribution is 1.95. The number of likely N-dealkylation sites (N-methyl/N-ethyl adjacent to an activating group) is 1. The van der Waals surface area contributed by atoms with Crippen LogP contribution in [-0.4, -0.2) is 60.9 Å². The van der Waals surface area contributed by atoms with Crippen LogP contribution in [-0.2, 0) is 11.3 Å². The number of nitrogens with one attached hydrogen (secondary N) is 2. The van der Waals surface area contributed by atoms with E-state index in [0.717, 1.165) is 18.0 Å². The number of hydrogen-bond donors (Lipinski definition) is 2. The van der Waals surface area contributed by atoms with Gasteiger partial charge in [-0.15, -0.1) is 0 Å². The van der Waals surface area contributed by atoms with Crippen molar-refractivity contribution < 1.29 is 4.79 Å². The largest absolute Gasteiger partial charge is 0.356 e. The number of thioether (sulfide) groups is 1. The Bertz CT molecular complexity index is 450. The molecule has 0 radical (unpaired) electrons. The van der Waals surface area contributed by atoms with Gasteiger partial charge in [0.2, 0.25) is 5.91 Å². The summed E-state index contributed by atoms with van der Waals surface area (Å²) in [5.74, 6) is 1.61. The molecule has 0 saturated heterocycles. The Labute approximate surface area is 130 Å². The first-order chi connectivity index (χ1) is 10.1. The molecule has 7 heteroatoms. The third-order valence-electron chi connectivity index (χ3n) is 2.63. The van der Waals surface area contributed by atoms with Gasteiger partial charge in [0, 0.05) is 32.6 Å². The second-order valence-electron chi connectivity index (χ2n) is 4.55. The van der Waals surface area contributed by atoms with Crippen molar-refractivity contribution in [3.63, 3.8) is 0 Å². The van der Waals surface area contributed by atoms with Crippen LogP contribution in [0.2, 0.25) is 0 Å². The van der Waals surface area contributed by atoms with E-state index in [4.69, 9.17) is 0 Å². The normalized spacial score (nSPS) is 11.1. The van der Waals surface area contributed by atoms with Gasteiger partial charge in [0.25, 0.3) is 0 Å². The Hall–Kier alpha value is -1.76. The minimum Gasteiger partial charge on any atom is -0.356 e. The molecule has 1 amide bonds. The maximum atomic E-state index is 11.6. The van der Waals surface area contributed by atoms with Crippen molar-refractivity contribution >= 4 is 23.6 Å². The average molecular weight is 309 g/mol. The molecule has 0 atom stereocenters. The fraction of sp³-hybridized carbons (Fsp3) is 0.500. The Morgan fingerprint density at radius 2 is 2.19 bits per heavy atom. The van der Waals surface area contributed by atoms with Crippen LogP contribution in [0.1, 0.15) is 5.69 Å². The summed E-state index contributed by atoms with van der Waals surface area (Å²) >= 11 is 1.75. The minimum absolute atomic E-state index is 0.00667. The molecular weight excluding hydrogens is 286 g/mol. The van der Waals surface area contributed by atoms with E-state index in [9.17, 15) is 4.79 Å². The van der Waals surface area contributed by atoms with Gasteiger partial charge in [-0.2, -0.15) is 11.8 Å². The van der Waals surface area contributed by atoms with Gasteiger partial charge in [-0.3, -0.25) is 9.78 Å². The first kappa shape index (κ1) is 17.3. The molecule has 0 spiro atoms. The first-order valence-corrected chi connectivity index (χ1v) is 8.14. The summed E-state index contributed by atoms with van der Waals surface area (Å²) in [5, 5.41) is 6.25. The predicted octanol–water partition coefficient (Wildman–Crippen LogP) is 0.568. The number of aliphatic imine (C=N–C) groups is 1. The SMILES string of the molecule is CSCCNC(=NCc1ccccn1)NCC(=O)N(C)C. The number of carbonyl (C=O) groups excluding carboxylic acids is 1. The van der Waals surface area contributed by atoms with Crippen molar-refractivity contribution in [2.24, 2.45) is 4.99 Å². The number of guanidine groups is 1. The number of amides is 1. The minimum atomic E-state index is 0.00667. The highest BCUT2D eigenvalue weighted by atomic mass is 32.2. The average Bonchev–Trinajstić information content (AvgIpc) is 2.50. The lowest BCUT2D eigenvalue weighted by Crippen LogP contribution is -2.43. The van der Waals surface area contributed by atoms with Crippen LogP contribution in [0.15, 0.2) is 29.4 Å². The molecule has 0 aromatic carbocycles. The van der Waals surface area contributed by atoms with Gasteiger partial charge in [-0.05, 0) is 18.4 Å². The summed E-state index contributed by atoms with van der Waals surface area (Å²) in [6, 6.07) is 5.73. The smallest absolute Gasteiger partial charge is 0.241 e. The molecule has 0 unspecified atom stereocenters. The molecule has 0 aliphatic heterocycles. The molecule has 1 aromatic rings. The second kappa shape index (κ2) is 10.0. The zero-order chi connectivity index (χ0) is 15.5. The maximum Gasteiger partial charge on any atom is 0.241 e. The molecule has 0 aliphatic rings. The topological polar surface area (TPSA) is 69.6 Å². The van der Waals surface area contributed by atoms with Crippen molar-refractivity contribution in [2.75, 3.05) is 39.2 Å². The summed E-state index contributed by atoms with van der Waals surface area (Å²) in [5.41, 5.74) is 0.891. The molecule has 2 N–H and O–H groups in total. The number of hydrogen-bond acceptors (Lipinski definition) is 4. The van der Waals surface area contributed by atoms with Crippen LogP contribution >= 0.6 is 11.8 Å². The molecule has 1 aromatic heterocycles. The Morgan fingerprint density at radius 1 is 1.38 bits per heavy atom. The standard InChI is InChI=1S/C14H23N5OS/c1-19(2)13(20)11-18-14(16-8-9-21-3)17-10-12-6-4-5-7-15-12/h4-7H,8-11H2,1-3H3,(H2,16,17,18). The van der Waals surface area contributed by atoms with Crippen molar-refractivity contribution in [1.82, 2.24) is 20.5 Å². The second-order valence-corrected chi connectivity index (χ2v) is 5.53. The van der Waals surface area contributed by atoms with Gasteiger partial charge in [0.1, 0.15) is 0 Å². The summed E-state index contributed by atoms with van der Waals surface area (Å²) in [7, 11) is 3.46. The zero-order valence-corrected chi connectivity index (χ0v) is 13.6. The van der Waals surface area contributed by atoms with Gasteiger partial charge >= 0.3 is 0 Å². The molecular formula is C14H23N5OS. The predicted molar refractivity (Wildman–Crippen MR) is 88.5 cm³/mol. The van der Waals surface area contributed by atoms with Gasteiger partial charge in [-0.25, -0.2) is 4.99 Å². The van der Waals surface area contributed by atoms with Crippen LogP contribution < -0.4 is 10.6 Å². The molecule has 1 heterocycles. The molecule has 116 valence electrons. The molecule has 21 heavy (non-hydrogen) atoms. The third kappa shape index (κ3) is 7.55. The summed E-state index contributed by atoms with van der Waals surface area (Å²) < 4.78 is 0. The number of carbonyl (C=O) groups is 1. The number of pyridine rings is 1. The van der Waals surface area contributed by atoms with Crippen molar-refractivity contribution in [3.8, 4) is 0 Å². The van der Waals surface area contributed by atoms with Crippen LogP contribution in [0, 0.1) is 0 Å². The van der Waals surface area contributed by atoms with Crippen LogP contribution in [0.4, 0.5) is 0 Å². The molecule has 0 bridgehead atoms. The number of nitrogens with zero attached hydrogens (tertiary/aromatic N) is 3. The Kier molecular flexibility index (Phi) is 8.27. The van der Waals surface area contributed by atoms with Gasteiger partial charge in [0.05, 0.1) is 18.8 Å². The lowest BCUT2D eigenvalue weighted by molar-refractivity contribution is -0.127. The Balaban J connectivity index is 2.56. The van der Waals surface area contributed by atoms with Crippen molar-refractivity contribution in [2.45, 2.75) is 6.54 Å². The lowest BCUT2D eigenvalue weighted by Gasteiger charge is -2.14. The van der Waals surface area contributed by atoms with E-state index < -0.39 is 0 Å². The number of rotatable bonds is 7. The third-order valence-corrected chi connectivity index (χ3v) is 3.24. The van der Waals surface area contributed by atoms with Crippen LogP contribution in [0.25, 0.3) is 0 Å². The maximum absolute atomic E-state index is 11.6. The summed E-state index contributed by atoms with van der Waals surface area (Å²) in [4.78, 5) is 21.8. The molecule has 0 saturated carbocycles. The Morgan fingerprint density at radius 3 is 2.81 bits per heavy atom. The van der Waals surface area contributed by atoms with Gasteiger partial charge < -0.3 is 15.5 Å². The van der Waals surface area contributed by atoms with Gasteiger partial charge in [0.15, 0.2) is 5.96 Å². The van der Waals surface area contributed by atoms with Crippen molar-refractivity contribution in [1.29, 1.82) is 0 Å². The summed E-state index contributed by atoms with van der Waals surface area (Å²) in [6.45, 7) is 1.50. The van der Waals surface area contributed by atoms with E-state index >= 15 is 0 Å². The highest BCUT2D eigenvalue weighted by Gasteiger charge is 2.05. The highest BCUT2D eigenvalue weighted by molar-refractivity contribution is 7.98. The van der Waals surface area contributed by atoms with E-state index in [1.165, 1.54) is 0 Å². The van der Waals surface area contributed by atoms with E-state index in [1.807, 2.05) is 18.2 Å². The quantitative estimate of drug-likeness (QED) is 0.438. The van der Waals surface area contributed by atoms with E-state index in [0.29, 0.717) is 12.5 Å². The van der Waals surface area contributed by atoms with Crippen LogP contribution in [0.3, 0.4) is 0 Å². The molecule has 0 fully saturated rings. The van der Waals surface area contributed by atoms with E-state index in [1.54, 1.807) is 37.0 Å². The molecule has 1 rings (SSSR count). The summed E-state index contributed by atoms with van der Waals surface area (Å²) in [6.07, 6.45) is 3.80. The zero-order valence-electron chi connectivity index (χ0n) is 12.8. The van der Waals surface area contributed by atoms with Crippen LogP contribution in [0.5, 0.6) is 0 Å². The lowest BCUT2D eigenvalue weighted by atomic mass is 10.3. The first-order valence-electron chi connectivity index (χ1n) is 6.74. The molecule has 6 nitrogen and oxygen atoms in total. The fourth-order valence-electron chi connectivity index (χ4n) is 1.41. The van der Waals surface area contributed by atoms with E-state index in [-0.39, 0.29) is 12.5 Å². The molecule has 0 aliphatic carbocycles. The van der Waals surface area contributed by atoms with Gasteiger partial charge in [-0.1, -0.05) is 6.07 Å². The monoisotopic (exact) mass is 309 g/mol. The number of aromatic nitrogens is 1. The van der Waals surface area contributed by atoms with E-state index in [2.05, 4.69) is 26.9 Å². The van der Waals surface area contributed by atoms with Crippen molar-refractivity contribution in [3.05, 3.63) is 30.1 Å². The fourth-order valence-corrected chi connectivity index (χ4v) is 1.72.